The van der Waals surface area contributed by atoms with Gasteiger partial charge in [0.2, 0.25) is 5.91 Å². The molecule has 6 aromatic rings. The lowest BCUT2D eigenvalue weighted by Gasteiger charge is -2.62. The van der Waals surface area contributed by atoms with Gasteiger partial charge in [0, 0.05) is 23.9 Å². The zero-order chi connectivity index (χ0) is 32.3. The quantitative estimate of drug-likeness (QED) is 0.154. The van der Waals surface area contributed by atoms with Crippen LogP contribution in [-0.4, -0.2) is 25.0 Å². The van der Waals surface area contributed by atoms with E-state index in [1.165, 1.54) is 42.9 Å². The highest BCUT2D eigenvalue weighted by Gasteiger charge is 2.57. The molecule has 0 radical (unpaired) electrons. The first-order valence-electron chi connectivity index (χ1n) is 17.6. The van der Waals surface area contributed by atoms with Crippen LogP contribution in [0.2, 0.25) is 0 Å². The van der Waals surface area contributed by atoms with Crippen molar-refractivity contribution in [3.63, 3.8) is 0 Å². The molecule has 2 unspecified atom stereocenters. The molecule has 240 valence electrons. The third-order valence-corrected chi connectivity index (χ3v) is 11.8. The van der Waals surface area contributed by atoms with Crippen LogP contribution in [-0.2, 0) is 11.2 Å². The Bertz CT molecular complexity index is 1960. The summed E-state index contributed by atoms with van der Waals surface area (Å²) in [6.07, 6.45) is 7.40. The van der Waals surface area contributed by atoms with E-state index in [1.807, 2.05) is 24.3 Å². The van der Waals surface area contributed by atoms with Gasteiger partial charge in [-0.2, -0.15) is 0 Å². The standard InChI is InChI=1S/C43H41N3O2/c47-39(20-38-34-13-5-1-9-30(34)18-31-10-2-6-14-35(31)38)44-26-42-21-28-17-29(22-42)24-43(23-28,25-42)27-45-41(48)46-40-36-15-7-3-11-32(36)19-33-12-4-8-16-37(33)40/h1-16,18-19,28-29H,17,20-27H2,(H,44,47)(H2,45,46,48). The molecule has 6 aromatic carbocycles. The minimum Gasteiger partial charge on any atom is -0.355 e. The summed E-state index contributed by atoms with van der Waals surface area (Å²) in [5.41, 5.74) is 2.16. The van der Waals surface area contributed by atoms with Crippen LogP contribution in [0.1, 0.15) is 44.1 Å². The molecule has 5 heteroatoms. The van der Waals surface area contributed by atoms with E-state index < -0.39 is 0 Å². The number of benzene rings is 6. The highest BCUT2D eigenvalue weighted by atomic mass is 16.2. The molecular formula is C43H41N3O2. The summed E-state index contributed by atoms with van der Waals surface area (Å²) in [4.78, 5) is 27.2. The van der Waals surface area contributed by atoms with E-state index in [2.05, 4.69) is 101 Å². The van der Waals surface area contributed by atoms with Gasteiger partial charge >= 0.3 is 6.03 Å². The van der Waals surface area contributed by atoms with E-state index in [9.17, 15) is 9.59 Å². The van der Waals surface area contributed by atoms with Crippen LogP contribution in [0.5, 0.6) is 0 Å². The predicted molar refractivity (Wildman–Crippen MR) is 196 cm³/mol. The molecule has 4 bridgehead atoms. The maximum absolute atomic E-state index is 13.7. The number of carbonyl (C=O) groups is 2. The fraction of sp³-hybridized carbons (Fsp3) is 0.302. The van der Waals surface area contributed by atoms with Crippen LogP contribution in [0.25, 0.3) is 43.1 Å². The maximum Gasteiger partial charge on any atom is 0.319 e. The largest absolute Gasteiger partial charge is 0.355 e. The van der Waals surface area contributed by atoms with Crippen molar-refractivity contribution in [2.75, 3.05) is 18.4 Å². The van der Waals surface area contributed by atoms with Crippen LogP contribution in [0.4, 0.5) is 10.5 Å². The second kappa shape index (κ2) is 11.4. The molecule has 2 atom stereocenters. The van der Waals surface area contributed by atoms with Crippen LogP contribution in [0.3, 0.4) is 0 Å². The van der Waals surface area contributed by atoms with Crippen molar-refractivity contribution in [3.8, 4) is 0 Å². The van der Waals surface area contributed by atoms with Gasteiger partial charge in [0.25, 0.3) is 0 Å². The van der Waals surface area contributed by atoms with Crippen LogP contribution in [0.15, 0.2) is 109 Å². The molecular weight excluding hydrogens is 590 g/mol. The van der Waals surface area contributed by atoms with Gasteiger partial charge in [0.05, 0.1) is 12.1 Å². The van der Waals surface area contributed by atoms with E-state index in [1.54, 1.807) is 0 Å². The van der Waals surface area contributed by atoms with Crippen molar-refractivity contribution in [1.82, 2.24) is 10.6 Å². The Kier molecular flexibility index (Phi) is 6.93. The smallest absolute Gasteiger partial charge is 0.319 e. The minimum atomic E-state index is -0.142. The van der Waals surface area contributed by atoms with E-state index in [4.69, 9.17) is 0 Å². The zero-order valence-corrected chi connectivity index (χ0v) is 27.2. The average molecular weight is 632 g/mol. The Morgan fingerprint density at radius 1 is 0.583 bits per heavy atom. The average Bonchev–Trinajstić information content (AvgIpc) is 3.09. The van der Waals surface area contributed by atoms with E-state index in [0.29, 0.717) is 24.8 Å². The molecule has 3 N–H and O–H groups in total. The normalized spacial score (nSPS) is 24.3. The summed E-state index contributed by atoms with van der Waals surface area (Å²) in [7, 11) is 0. The molecule has 0 spiro atoms. The minimum absolute atomic E-state index is 0.0822. The number of nitrogens with one attached hydrogen (secondary N) is 3. The summed E-state index contributed by atoms with van der Waals surface area (Å²) in [5.74, 6) is 1.43. The van der Waals surface area contributed by atoms with Crippen molar-refractivity contribution in [2.24, 2.45) is 22.7 Å². The van der Waals surface area contributed by atoms with Crippen LogP contribution in [0, 0.1) is 22.7 Å². The monoisotopic (exact) mass is 631 g/mol. The van der Waals surface area contributed by atoms with E-state index in [-0.39, 0.29) is 22.8 Å². The summed E-state index contributed by atoms with van der Waals surface area (Å²) < 4.78 is 0. The number of urea groups is 1. The number of fused-ring (bicyclic) bond motifs is 4. The zero-order valence-electron chi connectivity index (χ0n) is 27.2. The fourth-order valence-electron chi connectivity index (χ4n) is 10.4. The first-order chi connectivity index (χ1) is 23.4. The number of amides is 3. The van der Waals surface area contributed by atoms with Gasteiger partial charge in [0.15, 0.2) is 0 Å². The van der Waals surface area contributed by atoms with Crippen molar-refractivity contribution >= 4 is 60.7 Å². The van der Waals surface area contributed by atoms with Crippen molar-refractivity contribution < 1.29 is 9.59 Å². The molecule has 48 heavy (non-hydrogen) atoms. The Morgan fingerprint density at radius 2 is 1.02 bits per heavy atom. The lowest BCUT2D eigenvalue weighted by atomic mass is 9.44. The number of hydrogen-bond donors (Lipinski definition) is 3. The summed E-state index contributed by atoms with van der Waals surface area (Å²) >= 11 is 0. The molecule has 0 saturated heterocycles. The molecule has 0 aromatic heterocycles. The van der Waals surface area contributed by atoms with Crippen molar-refractivity contribution in [1.29, 1.82) is 0 Å². The van der Waals surface area contributed by atoms with Crippen LogP contribution < -0.4 is 16.0 Å². The van der Waals surface area contributed by atoms with E-state index in [0.717, 1.165) is 56.5 Å². The third-order valence-electron chi connectivity index (χ3n) is 11.8. The van der Waals surface area contributed by atoms with Gasteiger partial charge in [-0.15, -0.1) is 0 Å². The van der Waals surface area contributed by atoms with E-state index >= 15 is 0 Å². The van der Waals surface area contributed by atoms with Crippen molar-refractivity contribution in [3.05, 3.63) is 115 Å². The van der Waals surface area contributed by atoms with Gasteiger partial charge in [-0.3, -0.25) is 4.79 Å². The highest BCUT2D eigenvalue weighted by Crippen LogP contribution is 2.64. The lowest BCUT2D eigenvalue weighted by Crippen LogP contribution is -2.58. The SMILES string of the molecule is O=C(Cc1c2ccccc2cc2ccccc12)NCC12CC3CC(C1)CC(CNC(=O)Nc1c4ccccc4cc4ccccc14)(C3)C2. The summed E-state index contributed by atoms with van der Waals surface area (Å²) in [5, 5.41) is 19.0. The Labute approximate surface area is 281 Å². The summed E-state index contributed by atoms with van der Waals surface area (Å²) in [6, 6.07) is 37.6. The predicted octanol–water partition coefficient (Wildman–Crippen LogP) is 9.37. The molecule has 4 fully saturated rings. The Morgan fingerprint density at radius 3 is 1.54 bits per heavy atom. The number of rotatable bonds is 7. The Balaban J connectivity index is 0.906. The number of anilines is 1. The third kappa shape index (κ3) is 5.17. The molecule has 10 rings (SSSR count). The highest BCUT2D eigenvalue weighted by molar-refractivity contribution is 6.15. The fourth-order valence-corrected chi connectivity index (χ4v) is 10.4. The molecule has 5 nitrogen and oxygen atoms in total. The molecule has 4 aliphatic carbocycles. The number of hydrogen-bond acceptors (Lipinski definition) is 2. The maximum atomic E-state index is 13.7. The second-order valence-electron chi connectivity index (χ2n) is 15.2. The first-order valence-corrected chi connectivity index (χ1v) is 17.6. The topological polar surface area (TPSA) is 70.2 Å². The Hall–Kier alpha value is -4.90. The molecule has 4 aliphatic rings. The summed E-state index contributed by atoms with van der Waals surface area (Å²) in [6.45, 7) is 1.39. The van der Waals surface area contributed by atoms with Crippen LogP contribution >= 0.6 is 0 Å². The van der Waals surface area contributed by atoms with Gasteiger partial charge in [-0.25, -0.2) is 4.79 Å². The van der Waals surface area contributed by atoms with Gasteiger partial charge < -0.3 is 16.0 Å². The molecule has 0 aliphatic heterocycles. The lowest BCUT2D eigenvalue weighted by molar-refractivity contribution is -0.126. The van der Waals surface area contributed by atoms with Crippen molar-refractivity contribution in [2.45, 2.75) is 44.9 Å². The number of carbonyl (C=O) groups excluding carboxylic acids is 2. The van der Waals surface area contributed by atoms with Gasteiger partial charge in [-0.05, 0) is 111 Å². The van der Waals surface area contributed by atoms with Gasteiger partial charge in [0.1, 0.15) is 0 Å². The van der Waals surface area contributed by atoms with Gasteiger partial charge in [-0.1, -0.05) is 97.1 Å². The first kappa shape index (κ1) is 29.3. The molecule has 4 saturated carbocycles. The molecule has 3 amide bonds. The molecule has 0 heterocycles. The second-order valence-corrected chi connectivity index (χ2v) is 15.2.